The Bertz CT molecular complexity index is 416. The standard InChI is InChI=1S/C14H21NO3/c1-3-14(16,4-2)9-18-10-5-6-11-12(15)8-17-13(11)7-10/h5-7,12,16H,3-4,8-9,15H2,1-2H3. The van der Waals surface area contributed by atoms with Crippen molar-refractivity contribution in [2.45, 2.75) is 38.3 Å². The number of hydrogen-bond donors (Lipinski definition) is 2. The van der Waals surface area contributed by atoms with E-state index >= 15 is 0 Å². The lowest BCUT2D eigenvalue weighted by atomic mass is 9.99. The van der Waals surface area contributed by atoms with Gasteiger partial charge in [0.1, 0.15) is 24.7 Å². The van der Waals surface area contributed by atoms with E-state index < -0.39 is 5.60 Å². The molecule has 0 aliphatic carbocycles. The summed E-state index contributed by atoms with van der Waals surface area (Å²) in [6.07, 6.45) is 1.35. The molecule has 1 aliphatic rings. The molecule has 0 fully saturated rings. The van der Waals surface area contributed by atoms with Crippen LogP contribution in [0.1, 0.15) is 38.3 Å². The van der Waals surface area contributed by atoms with Crippen molar-refractivity contribution >= 4 is 0 Å². The minimum Gasteiger partial charge on any atom is -0.491 e. The molecular weight excluding hydrogens is 230 g/mol. The Morgan fingerprint density at radius 2 is 2.17 bits per heavy atom. The van der Waals surface area contributed by atoms with Gasteiger partial charge >= 0.3 is 0 Å². The van der Waals surface area contributed by atoms with E-state index in [0.29, 0.717) is 31.8 Å². The Labute approximate surface area is 108 Å². The summed E-state index contributed by atoms with van der Waals surface area (Å²) in [6.45, 7) is 4.73. The maximum absolute atomic E-state index is 10.1. The van der Waals surface area contributed by atoms with Gasteiger partial charge in [-0.15, -0.1) is 0 Å². The third kappa shape index (κ3) is 2.60. The first kappa shape index (κ1) is 13.2. The largest absolute Gasteiger partial charge is 0.491 e. The lowest BCUT2D eigenvalue weighted by Crippen LogP contribution is -2.34. The van der Waals surface area contributed by atoms with Gasteiger partial charge in [0.2, 0.25) is 0 Å². The highest BCUT2D eigenvalue weighted by atomic mass is 16.5. The molecule has 18 heavy (non-hydrogen) atoms. The monoisotopic (exact) mass is 251 g/mol. The van der Waals surface area contributed by atoms with Crippen molar-refractivity contribution in [2.24, 2.45) is 5.73 Å². The second-order valence-electron chi connectivity index (χ2n) is 4.84. The first-order valence-corrected chi connectivity index (χ1v) is 6.45. The van der Waals surface area contributed by atoms with Gasteiger partial charge in [0.05, 0.1) is 11.6 Å². The quantitative estimate of drug-likeness (QED) is 0.840. The molecule has 0 saturated heterocycles. The number of hydrogen-bond acceptors (Lipinski definition) is 4. The van der Waals surface area contributed by atoms with Gasteiger partial charge in [0, 0.05) is 11.6 Å². The summed E-state index contributed by atoms with van der Waals surface area (Å²) < 4.78 is 11.1. The van der Waals surface area contributed by atoms with Crippen LogP contribution in [0.3, 0.4) is 0 Å². The highest BCUT2D eigenvalue weighted by Crippen LogP contribution is 2.34. The highest BCUT2D eigenvalue weighted by Gasteiger charge is 2.24. The predicted molar refractivity (Wildman–Crippen MR) is 69.9 cm³/mol. The van der Waals surface area contributed by atoms with E-state index in [-0.39, 0.29) is 6.04 Å². The van der Waals surface area contributed by atoms with E-state index in [1.165, 1.54) is 0 Å². The average Bonchev–Trinajstić information content (AvgIpc) is 2.77. The zero-order chi connectivity index (χ0) is 13.2. The maximum atomic E-state index is 10.1. The number of fused-ring (bicyclic) bond motifs is 1. The third-order valence-corrected chi connectivity index (χ3v) is 3.63. The SMILES string of the molecule is CCC(O)(CC)COc1ccc2c(c1)OCC2N. The first-order valence-electron chi connectivity index (χ1n) is 6.45. The predicted octanol–water partition coefficient (Wildman–Crippen LogP) is 2.01. The second-order valence-corrected chi connectivity index (χ2v) is 4.84. The molecule has 0 radical (unpaired) electrons. The van der Waals surface area contributed by atoms with E-state index in [4.69, 9.17) is 15.2 Å². The van der Waals surface area contributed by atoms with Crippen LogP contribution in [0.4, 0.5) is 0 Å². The number of nitrogens with two attached hydrogens (primary N) is 1. The van der Waals surface area contributed by atoms with Crippen LogP contribution in [0.5, 0.6) is 11.5 Å². The molecule has 1 aliphatic heterocycles. The summed E-state index contributed by atoms with van der Waals surface area (Å²) in [5.74, 6) is 1.50. The van der Waals surface area contributed by atoms with Crippen molar-refractivity contribution in [3.63, 3.8) is 0 Å². The molecular formula is C14H21NO3. The minimum atomic E-state index is -0.754. The fraction of sp³-hybridized carbons (Fsp3) is 0.571. The van der Waals surface area contributed by atoms with E-state index in [9.17, 15) is 5.11 Å². The van der Waals surface area contributed by atoms with Crippen molar-refractivity contribution in [1.29, 1.82) is 0 Å². The zero-order valence-electron chi connectivity index (χ0n) is 11.0. The normalized spacial score (nSPS) is 18.3. The second kappa shape index (κ2) is 5.16. The summed E-state index contributed by atoms with van der Waals surface area (Å²) in [5.41, 5.74) is 6.14. The molecule has 1 aromatic rings. The smallest absolute Gasteiger partial charge is 0.127 e. The van der Waals surface area contributed by atoms with Gasteiger partial charge < -0.3 is 20.3 Å². The number of rotatable bonds is 5. The molecule has 2 rings (SSSR count). The Morgan fingerprint density at radius 3 is 2.83 bits per heavy atom. The maximum Gasteiger partial charge on any atom is 0.127 e. The molecule has 4 heteroatoms. The lowest BCUT2D eigenvalue weighted by Gasteiger charge is -2.25. The van der Waals surface area contributed by atoms with Gasteiger partial charge in [-0.05, 0) is 25.0 Å². The fourth-order valence-corrected chi connectivity index (χ4v) is 1.98. The van der Waals surface area contributed by atoms with E-state index in [0.717, 1.165) is 11.3 Å². The van der Waals surface area contributed by atoms with E-state index in [1.54, 1.807) is 0 Å². The third-order valence-electron chi connectivity index (χ3n) is 3.63. The molecule has 0 saturated carbocycles. The van der Waals surface area contributed by atoms with Crippen LogP contribution in [-0.4, -0.2) is 23.9 Å². The average molecular weight is 251 g/mol. The number of ether oxygens (including phenoxy) is 2. The van der Waals surface area contributed by atoms with Crippen molar-refractivity contribution in [1.82, 2.24) is 0 Å². The topological polar surface area (TPSA) is 64.7 Å². The van der Waals surface area contributed by atoms with Gasteiger partial charge in [0.15, 0.2) is 0 Å². The molecule has 3 N–H and O–H groups in total. The minimum absolute atomic E-state index is 0.0442. The molecule has 0 aromatic heterocycles. The Hall–Kier alpha value is -1.26. The molecule has 1 atom stereocenters. The Morgan fingerprint density at radius 1 is 1.44 bits per heavy atom. The molecule has 1 unspecified atom stereocenters. The van der Waals surface area contributed by atoms with Crippen LogP contribution in [0.25, 0.3) is 0 Å². The van der Waals surface area contributed by atoms with Crippen LogP contribution in [0.15, 0.2) is 18.2 Å². The molecule has 0 spiro atoms. The molecule has 0 bridgehead atoms. The fourth-order valence-electron chi connectivity index (χ4n) is 1.98. The molecule has 1 aromatic carbocycles. The highest BCUT2D eigenvalue weighted by molar-refractivity contribution is 5.44. The molecule has 100 valence electrons. The van der Waals surface area contributed by atoms with Gasteiger partial charge in [0.25, 0.3) is 0 Å². The molecule has 1 heterocycles. The summed E-state index contributed by atoms with van der Waals surface area (Å²) in [5, 5.41) is 10.1. The van der Waals surface area contributed by atoms with Crippen LogP contribution >= 0.6 is 0 Å². The van der Waals surface area contributed by atoms with Gasteiger partial charge in [-0.3, -0.25) is 0 Å². The number of aliphatic hydroxyl groups is 1. The van der Waals surface area contributed by atoms with Crippen molar-refractivity contribution in [2.75, 3.05) is 13.2 Å². The summed E-state index contributed by atoms with van der Waals surface area (Å²) in [7, 11) is 0. The summed E-state index contributed by atoms with van der Waals surface area (Å²) in [4.78, 5) is 0. The van der Waals surface area contributed by atoms with Crippen LogP contribution in [0, 0.1) is 0 Å². The molecule has 4 nitrogen and oxygen atoms in total. The molecule has 0 amide bonds. The summed E-state index contributed by atoms with van der Waals surface area (Å²) in [6, 6.07) is 5.60. The van der Waals surface area contributed by atoms with Gasteiger partial charge in [-0.2, -0.15) is 0 Å². The van der Waals surface area contributed by atoms with E-state index in [2.05, 4.69) is 0 Å². The van der Waals surface area contributed by atoms with E-state index in [1.807, 2.05) is 32.0 Å². The number of benzene rings is 1. The van der Waals surface area contributed by atoms with Gasteiger partial charge in [-0.25, -0.2) is 0 Å². The van der Waals surface area contributed by atoms with Crippen LogP contribution < -0.4 is 15.2 Å². The Balaban J connectivity index is 2.03. The van der Waals surface area contributed by atoms with Crippen molar-refractivity contribution < 1.29 is 14.6 Å². The first-order chi connectivity index (χ1) is 8.58. The Kier molecular flexibility index (Phi) is 3.78. The summed E-state index contributed by atoms with van der Waals surface area (Å²) >= 11 is 0. The van der Waals surface area contributed by atoms with Crippen molar-refractivity contribution in [3.05, 3.63) is 23.8 Å². The lowest BCUT2D eigenvalue weighted by molar-refractivity contribution is -0.0114. The van der Waals surface area contributed by atoms with Crippen molar-refractivity contribution in [3.8, 4) is 11.5 Å². The van der Waals surface area contributed by atoms with Gasteiger partial charge in [-0.1, -0.05) is 13.8 Å². The van der Waals surface area contributed by atoms with Crippen LogP contribution in [0.2, 0.25) is 0 Å². The zero-order valence-corrected chi connectivity index (χ0v) is 11.0. The van der Waals surface area contributed by atoms with Crippen LogP contribution in [-0.2, 0) is 0 Å².